The number of hydrogen-bond donors (Lipinski definition) is 0. The Bertz CT molecular complexity index is 333. The Morgan fingerprint density at radius 3 is 2.85 bits per heavy atom. The van der Waals surface area contributed by atoms with Gasteiger partial charge in [0, 0.05) is 12.0 Å². The Balaban J connectivity index is 2.30. The summed E-state index contributed by atoms with van der Waals surface area (Å²) >= 11 is 0. The van der Waals surface area contributed by atoms with E-state index in [9.17, 15) is 4.79 Å². The molecule has 0 radical (unpaired) electrons. The van der Waals surface area contributed by atoms with Crippen LogP contribution in [0.4, 0.5) is 0 Å². The standard InChI is InChI=1S/C10H10O3/c1-2-10-12-8-4-3-7(6-11)5-9(8)13-10/h3-6,10H,2H2,1H3. The van der Waals surface area contributed by atoms with Crippen LogP contribution in [0.25, 0.3) is 0 Å². The van der Waals surface area contributed by atoms with Gasteiger partial charge in [-0.15, -0.1) is 0 Å². The third kappa shape index (κ3) is 1.37. The van der Waals surface area contributed by atoms with E-state index < -0.39 is 0 Å². The second-order valence-corrected chi connectivity index (χ2v) is 2.90. The van der Waals surface area contributed by atoms with Gasteiger partial charge in [-0.05, 0) is 18.2 Å². The van der Waals surface area contributed by atoms with Crippen molar-refractivity contribution in [2.75, 3.05) is 0 Å². The smallest absolute Gasteiger partial charge is 0.241 e. The summed E-state index contributed by atoms with van der Waals surface area (Å²) in [5.41, 5.74) is 0.610. The van der Waals surface area contributed by atoms with Crippen LogP contribution in [0.2, 0.25) is 0 Å². The fourth-order valence-electron chi connectivity index (χ4n) is 1.26. The van der Waals surface area contributed by atoms with Gasteiger partial charge in [-0.1, -0.05) is 6.92 Å². The van der Waals surface area contributed by atoms with E-state index in [0.717, 1.165) is 18.5 Å². The van der Waals surface area contributed by atoms with Crippen LogP contribution in [-0.2, 0) is 0 Å². The Kier molecular flexibility index (Phi) is 1.93. The van der Waals surface area contributed by atoms with Crippen molar-refractivity contribution in [3.8, 4) is 11.5 Å². The summed E-state index contributed by atoms with van der Waals surface area (Å²) in [5, 5.41) is 0. The monoisotopic (exact) mass is 178 g/mol. The average molecular weight is 178 g/mol. The predicted octanol–water partition coefficient (Wildman–Crippen LogP) is 2.01. The molecule has 1 unspecified atom stereocenters. The Morgan fingerprint density at radius 2 is 2.15 bits per heavy atom. The Hall–Kier alpha value is -1.51. The van der Waals surface area contributed by atoms with E-state index in [4.69, 9.17) is 9.47 Å². The number of ether oxygens (including phenoxy) is 2. The number of carbonyl (C=O) groups excluding carboxylic acids is 1. The van der Waals surface area contributed by atoms with Crippen molar-refractivity contribution in [1.29, 1.82) is 0 Å². The summed E-state index contributed by atoms with van der Waals surface area (Å²) in [7, 11) is 0. The molecule has 1 aliphatic heterocycles. The molecule has 13 heavy (non-hydrogen) atoms. The summed E-state index contributed by atoms with van der Waals surface area (Å²) < 4.78 is 10.8. The van der Waals surface area contributed by atoms with Crippen LogP contribution in [0.5, 0.6) is 11.5 Å². The molecule has 0 aromatic heterocycles. The molecule has 1 aromatic rings. The first-order valence-electron chi connectivity index (χ1n) is 4.26. The van der Waals surface area contributed by atoms with Crippen LogP contribution in [0.15, 0.2) is 18.2 Å². The molecule has 3 heteroatoms. The molecule has 0 fully saturated rings. The van der Waals surface area contributed by atoms with E-state index in [-0.39, 0.29) is 6.29 Å². The fraction of sp³-hybridized carbons (Fsp3) is 0.300. The number of aldehydes is 1. The molecular formula is C10H10O3. The number of carbonyl (C=O) groups is 1. The Labute approximate surface area is 76.3 Å². The lowest BCUT2D eigenvalue weighted by Crippen LogP contribution is -2.15. The maximum absolute atomic E-state index is 10.5. The topological polar surface area (TPSA) is 35.5 Å². The number of hydrogen-bond acceptors (Lipinski definition) is 3. The summed E-state index contributed by atoms with van der Waals surface area (Å²) in [6.07, 6.45) is 1.39. The lowest BCUT2D eigenvalue weighted by Gasteiger charge is -2.04. The quantitative estimate of drug-likeness (QED) is 0.650. The zero-order valence-electron chi connectivity index (χ0n) is 7.32. The van der Waals surface area contributed by atoms with Crippen LogP contribution in [0, 0.1) is 0 Å². The van der Waals surface area contributed by atoms with Crippen LogP contribution in [0.3, 0.4) is 0 Å². The average Bonchev–Trinajstić information content (AvgIpc) is 2.58. The fourth-order valence-corrected chi connectivity index (χ4v) is 1.26. The predicted molar refractivity (Wildman–Crippen MR) is 47.2 cm³/mol. The van der Waals surface area contributed by atoms with Crippen molar-refractivity contribution in [2.24, 2.45) is 0 Å². The first-order valence-corrected chi connectivity index (χ1v) is 4.26. The highest BCUT2D eigenvalue weighted by Crippen LogP contribution is 2.35. The minimum Gasteiger partial charge on any atom is -0.451 e. The van der Waals surface area contributed by atoms with Crippen LogP contribution in [-0.4, -0.2) is 12.6 Å². The third-order valence-corrected chi connectivity index (χ3v) is 1.95. The molecule has 68 valence electrons. The minimum absolute atomic E-state index is 0.197. The number of benzene rings is 1. The normalized spacial score (nSPS) is 18.7. The van der Waals surface area contributed by atoms with E-state index in [0.29, 0.717) is 11.3 Å². The molecule has 0 saturated carbocycles. The molecule has 0 aliphatic carbocycles. The van der Waals surface area contributed by atoms with E-state index >= 15 is 0 Å². The van der Waals surface area contributed by atoms with Gasteiger partial charge in [0.1, 0.15) is 6.29 Å². The van der Waals surface area contributed by atoms with E-state index in [1.54, 1.807) is 18.2 Å². The molecule has 2 rings (SSSR count). The summed E-state index contributed by atoms with van der Waals surface area (Å²) in [6.45, 7) is 1.98. The largest absolute Gasteiger partial charge is 0.451 e. The highest BCUT2D eigenvalue weighted by molar-refractivity contribution is 5.76. The zero-order valence-corrected chi connectivity index (χ0v) is 7.32. The molecule has 0 amide bonds. The van der Waals surface area contributed by atoms with Gasteiger partial charge in [0.25, 0.3) is 0 Å². The molecule has 0 N–H and O–H groups in total. The Morgan fingerprint density at radius 1 is 1.38 bits per heavy atom. The number of fused-ring (bicyclic) bond motifs is 1. The summed E-state index contributed by atoms with van der Waals surface area (Å²) in [4.78, 5) is 10.5. The van der Waals surface area contributed by atoms with Crippen LogP contribution >= 0.6 is 0 Å². The maximum Gasteiger partial charge on any atom is 0.241 e. The second kappa shape index (κ2) is 3.09. The van der Waals surface area contributed by atoms with Gasteiger partial charge in [0.2, 0.25) is 6.29 Å². The second-order valence-electron chi connectivity index (χ2n) is 2.90. The van der Waals surface area contributed by atoms with Gasteiger partial charge < -0.3 is 9.47 Å². The van der Waals surface area contributed by atoms with Crippen molar-refractivity contribution >= 4 is 6.29 Å². The van der Waals surface area contributed by atoms with Crippen molar-refractivity contribution < 1.29 is 14.3 Å². The van der Waals surface area contributed by atoms with Crippen LogP contribution < -0.4 is 9.47 Å². The number of rotatable bonds is 2. The third-order valence-electron chi connectivity index (χ3n) is 1.95. The van der Waals surface area contributed by atoms with Gasteiger partial charge in [-0.25, -0.2) is 0 Å². The summed E-state index contributed by atoms with van der Waals surface area (Å²) in [5.74, 6) is 1.38. The maximum atomic E-state index is 10.5. The first kappa shape index (κ1) is 8.10. The molecule has 1 atom stereocenters. The lowest BCUT2D eigenvalue weighted by molar-refractivity contribution is 0.0464. The van der Waals surface area contributed by atoms with Gasteiger partial charge in [0.15, 0.2) is 11.5 Å². The molecular weight excluding hydrogens is 168 g/mol. The molecule has 1 aromatic carbocycles. The molecule has 0 bridgehead atoms. The van der Waals surface area contributed by atoms with Crippen molar-refractivity contribution in [2.45, 2.75) is 19.6 Å². The molecule has 0 saturated heterocycles. The van der Waals surface area contributed by atoms with Gasteiger partial charge >= 0.3 is 0 Å². The van der Waals surface area contributed by atoms with Crippen molar-refractivity contribution in [3.63, 3.8) is 0 Å². The molecule has 0 spiro atoms. The minimum atomic E-state index is -0.197. The lowest BCUT2D eigenvalue weighted by atomic mass is 10.2. The van der Waals surface area contributed by atoms with Gasteiger partial charge in [-0.2, -0.15) is 0 Å². The van der Waals surface area contributed by atoms with Gasteiger partial charge in [-0.3, -0.25) is 4.79 Å². The van der Waals surface area contributed by atoms with E-state index in [1.807, 2.05) is 6.92 Å². The summed E-state index contributed by atoms with van der Waals surface area (Å²) in [6, 6.07) is 5.17. The van der Waals surface area contributed by atoms with Crippen molar-refractivity contribution in [3.05, 3.63) is 23.8 Å². The molecule has 3 nitrogen and oxygen atoms in total. The van der Waals surface area contributed by atoms with E-state index in [1.165, 1.54) is 0 Å². The first-order chi connectivity index (χ1) is 6.33. The van der Waals surface area contributed by atoms with Gasteiger partial charge in [0.05, 0.1) is 0 Å². The zero-order chi connectivity index (χ0) is 9.26. The molecule has 1 heterocycles. The highest BCUT2D eigenvalue weighted by atomic mass is 16.7. The van der Waals surface area contributed by atoms with E-state index in [2.05, 4.69) is 0 Å². The highest BCUT2D eigenvalue weighted by Gasteiger charge is 2.22. The van der Waals surface area contributed by atoms with Crippen LogP contribution in [0.1, 0.15) is 23.7 Å². The molecule has 1 aliphatic rings. The SMILES string of the molecule is CCC1Oc2ccc(C=O)cc2O1. The van der Waals surface area contributed by atoms with Crippen molar-refractivity contribution in [1.82, 2.24) is 0 Å².